The Labute approximate surface area is 169 Å². The van der Waals surface area contributed by atoms with Crippen molar-refractivity contribution < 1.29 is 9.47 Å². The summed E-state index contributed by atoms with van der Waals surface area (Å²) in [5, 5.41) is 0. The maximum absolute atomic E-state index is 5.83. The molecule has 0 aliphatic rings. The molecule has 0 saturated heterocycles. The minimum Gasteiger partial charge on any atom is -0.490 e. The molecule has 28 heavy (non-hydrogen) atoms. The van der Waals surface area contributed by atoms with Gasteiger partial charge in [-0.15, -0.1) is 0 Å². The van der Waals surface area contributed by atoms with Crippen LogP contribution in [-0.4, -0.2) is 13.2 Å². The highest BCUT2D eigenvalue weighted by atomic mass is 16.5. The van der Waals surface area contributed by atoms with Gasteiger partial charge in [-0.05, 0) is 54.3 Å². The molecule has 3 rings (SSSR count). The quantitative estimate of drug-likeness (QED) is 0.428. The lowest BCUT2D eigenvalue weighted by Crippen LogP contribution is -2.19. The van der Waals surface area contributed by atoms with E-state index in [1.54, 1.807) is 0 Å². The summed E-state index contributed by atoms with van der Waals surface area (Å²) in [7, 11) is 0. The number of aryl methyl sites for hydroxylation is 2. The second kappa shape index (κ2) is 8.97. The third kappa shape index (κ3) is 4.95. The van der Waals surface area contributed by atoms with Crippen LogP contribution in [0.2, 0.25) is 0 Å². The molecule has 0 fully saturated rings. The highest BCUT2D eigenvalue weighted by molar-refractivity contribution is 5.43. The molecule has 2 heteroatoms. The van der Waals surface area contributed by atoms with Crippen molar-refractivity contribution in [2.24, 2.45) is 0 Å². The third-order valence-electron chi connectivity index (χ3n) is 5.21. The predicted molar refractivity (Wildman–Crippen MR) is 117 cm³/mol. The molecule has 0 bridgehead atoms. The number of hydrogen-bond donors (Lipinski definition) is 0. The van der Waals surface area contributed by atoms with Gasteiger partial charge in [0, 0.05) is 5.41 Å². The van der Waals surface area contributed by atoms with Crippen molar-refractivity contribution in [3.8, 4) is 11.5 Å². The second-order valence-corrected chi connectivity index (χ2v) is 7.72. The minimum absolute atomic E-state index is 0.0507. The standard InChI is InChI=1S/C26H30O2/c1-5-21-17-20(2)18-23(19-21)26(3,4)22-11-13-25(14-12-22)28-16-15-27-24-9-7-6-8-10-24/h6-14,17-19H,5,15-16H2,1-4H3. The average Bonchev–Trinajstić information content (AvgIpc) is 2.72. The Hall–Kier alpha value is -2.74. The Bertz CT molecular complexity index is 880. The van der Waals surface area contributed by atoms with E-state index in [4.69, 9.17) is 9.47 Å². The summed E-state index contributed by atoms with van der Waals surface area (Å²) in [6.07, 6.45) is 1.06. The Balaban J connectivity index is 1.62. The molecule has 3 aromatic rings. The second-order valence-electron chi connectivity index (χ2n) is 7.72. The van der Waals surface area contributed by atoms with Crippen molar-refractivity contribution >= 4 is 0 Å². The first-order valence-corrected chi connectivity index (χ1v) is 10.0. The summed E-state index contributed by atoms with van der Waals surface area (Å²) >= 11 is 0. The predicted octanol–water partition coefficient (Wildman–Crippen LogP) is 6.34. The summed E-state index contributed by atoms with van der Waals surface area (Å²) in [6, 6.07) is 25.2. The smallest absolute Gasteiger partial charge is 0.122 e. The normalized spacial score (nSPS) is 11.3. The number of ether oxygens (including phenoxy) is 2. The van der Waals surface area contributed by atoms with Gasteiger partial charge in [0.05, 0.1) is 0 Å². The third-order valence-corrected chi connectivity index (χ3v) is 5.21. The summed E-state index contributed by atoms with van der Waals surface area (Å²) in [5.74, 6) is 1.74. The van der Waals surface area contributed by atoms with Gasteiger partial charge in [0.1, 0.15) is 24.7 Å². The van der Waals surface area contributed by atoms with Crippen LogP contribution in [0.4, 0.5) is 0 Å². The largest absolute Gasteiger partial charge is 0.490 e. The Kier molecular flexibility index (Phi) is 6.41. The lowest BCUT2D eigenvalue weighted by atomic mass is 9.77. The molecule has 0 aliphatic heterocycles. The number of rotatable bonds is 8. The van der Waals surface area contributed by atoms with Crippen LogP contribution in [0.5, 0.6) is 11.5 Å². The van der Waals surface area contributed by atoms with Crippen LogP contribution in [-0.2, 0) is 11.8 Å². The fraction of sp³-hybridized carbons (Fsp3) is 0.308. The van der Waals surface area contributed by atoms with E-state index in [0.717, 1.165) is 17.9 Å². The van der Waals surface area contributed by atoms with Crippen molar-refractivity contribution in [1.29, 1.82) is 0 Å². The zero-order valence-electron chi connectivity index (χ0n) is 17.4. The highest BCUT2D eigenvalue weighted by Crippen LogP contribution is 2.33. The van der Waals surface area contributed by atoms with Crippen molar-refractivity contribution in [2.45, 2.75) is 39.5 Å². The first kappa shape index (κ1) is 20.0. The highest BCUT2D eigenvalue weighted by Gasteiger charge is 2.23. The van der Waals surface area contributed by atoms with Crippen molar-refractivity contribution in [3.05, 3.63) is 95.1 Å². The van der Waals surface area contributed by atoms with Gasteiger partial charge in [-0.25, -0.2) is 0 Å². The number of hydrogen-bond acceptors (Lipinski definition) is 2. The van der Waals surface area contributed by atoms with Crippen molar-refractivity contribution in [2.75, 3.05) is 13.2 Å². The monoisotopic (exact) mass is 374 g/mol. The molecule has 0 heterocycles. The molecule has 3 aromatic carbocycles. The van der Waals surface area contributed by atoms with Gasteiger partial charge in [-0.2, -0.15) is 0 Å². The van der Waals surface area contributed by atoms with E-state index < -0.39 is 0 Å². The van der Waals surface area contributed by atoms with Gasteiger partial charge in [0.2, 0.25) is 0 Å². The molecule has 0 atom stereocenters. The van der Waals surface area contributed by atoms with Gasteiger partial charge in [0.25, 0.3) is 0 Å². The van der Waals surface area contributed by atoms with E-state index in [1.807, 2.05) is 30.3 Å². The minimum atomic E-state index is -0.0507. The van der Waals surface area contributed by atoms with Crippen LogP contribution in [0.1, 0.15) is 43.0 Å². The van der Waals surface area contributed by atoms with Crippen LogP contribution >= 0.6 is 0 Å². The average molecular weight is 375 g/mol. The molecule has 0 spiro atoms. The molecule has 0 unspecified atom stereocenters. The topological polar surface area (TPSA) is 18.5 Å². The molecule has 0 saturated carbocycles. The summed E-state index contributed by atoms with van der Waals surface area (Å²) in [5.41, 5.74) is 5.30. The molecule has 2 nitrogen and oxygen atoms in total. The van der Waals surface area contributed by atoms with Crippen LogP contribution < -0.4 is 9.47 Å². The van der Waals surface area contributed by atoms with E-state index in [0.29, 0.717) is 13.2 Å². The van der Waals surface area contributed by atoms with E-state index in [1.165, 1.54) is 22.3 Å². The van der Waals surface area contributed by atoms with Gasteiger partial charge < -0.3 is 9.47 Å². The maximum Gasteiger partial charge on any atom is 0.122 e. The van der Waals surface area contributed by atoms with Crippen molar-refractivity contribution in [3.63, 3.8) is 0 Å². The lowest BCUT2D eigenvalue weighted by Gasteiger charge is -2.27. The van der Waals surface area contributed by atoms with E-state index in [-0.39, 0.29) is 5.41 Å². The van der Waals surface area contributed by atoms with Crippen LogP contribution in [0, 0.1) is 6.92 Å². The maximum atomic E-state index is 5.83. The molecule has 0 amide bonds. The van der Waals surface area contributed by atoms with Crippen LogP contribution in [0.3, 0.4) is 0 Å². The molecule has 0 radical (unpaired) electrons. The molecule has 0 aromatic heterocycles. The zero-order chi connectivity index (χ0) is 20.0. The molecule has 0 aliphatic carbocycles. The number of benzene rings is 3. The van der Waals surface area contributed by atoms with Gasteiger partial charge in [-0.3, -0.25) is 0 Å². The van der Waals surface area contributed by atoms with E-state index >= 15 is 0 Å². The Morgan fingerprint density at radius 2 is 1.32 bits per heavy atom. The Morgan fingerprint density at radius 1 is 0.714 bits per heavy atom. The fourth-order valence-electron chi connectivity index (χ4n) is 3.40. The van der Waals surface area contributed by atoms with Gasteiger partial charge in [0.15, 0.2) is 0 Å². The van der Waals surface area contributed by atoms with Gasteiger partial charge >= 0.3 is 0 Å². The molecular formula is C26H30O2. The first-order chi connectivity index (χ1) is 13.5. The first-order valence-electron chi connectivity index (χ1n) is 10.0. The zero-order valence-corrected chi connectivity index (χ0v) is 17.4. The molecular weight excluding hydrogens is 344 g/mol. The number of para-hydroxylation sites is 1. The van der Waals surface area contributed by atoms with Crippen LogP contribution in [0.15, 0.2) is 72.8 Å². The van der Waals surface area contributed by atoms with E-state index in [9.17, 15) is 0 Å². The lowest BCUT2D eigenvalue weighted by molar-refractivity contribution is 0.217. The summed E-state index contributed by atoms with van der Waals surface area (Å²) < 4.78 is 11.5. The SMILES string of the molecule is CCc1cc(C)cc(C(C)(C)c2ccc(OCCOc3ccccc3)cc2)c1. The van der Waals surface area contributed by atoms with E-state index in [2.05, 4.69) is 70.2 Å². The van der Waals surface area contributed by atoms with Crippen molar-refractivity contribution in [1.82, 2.24) is 0 Å². The summed E-state index contributed by atoms with van der Waals surface area (Å²) in [6.45, 7) is 10.00. The Morgan fingerprint density at radius 3 is 1.93 bits per heavy atom. The molecule has 0 N–H and O–H groups in total. The summed E-state index contributed by atoms with van der Waals surface area (Å²) in [4.78, 5) is 0. The fourth-order valence-corrected chi connectivity index (χ4v) is 3.40. The molecule has 146 valence electrons. The van der Waals surface area contributed by atoms with Gasteiger partial charge in [-0.1, -0.05) is 74.9 Å². The van der Waals surface area contributed by atoms with Crippen LogP contribution in [0.25, 0.3) is 0 Å².